The summed E-state index contributed by atoms with van der Waals surface area (Å²) in [7, 11) is 0. The summed E-state index contributed by atoms with van der Waals surface area (Å²) in [6.07, 6.45) is 24.0. The Morgan fingerprint density at radius 1 is 0.889 bits per heavy atom. The topological polar surface area (TPSA) is 0 Å². The second-order valence-corrected chi connectivity index (χ2v) is 10.5. The van der Waals surface area contributed by atoms with E-state index in [9.17, 15) is 0 Å². The molecule has 0 aromatic rings. The van der Waals surface area contributed by atoms with Gasteiger partial charge in [-0.05, 0) is 86.9 Å². The van der Waals surface area contributed by atoms with Crippen molar-refractivity contribution in [3.8, 4) is 0 Å². The van der Waals surface area contributed by atoms with E-state index >= 15 is 0 Å². The Labute approximate surface area is 170 Å². The average Bonchev–Trinajstić information content (AvgIpc) is 2.69. The van der Waals surface area contributed by atoms with Crippen LogP contribution in [0.1, 0.15) is 111 Å². The Balaban J connectivity index is 1.48. The summed E-state index contributed by atoms with van der Waals surface area (Å²) in [5, 5.41) is 0. The minimum atomic E-state index is 0.792. The van der Waals surface area contributed by atoms with Crippen LogP contribution < -0.4 is 0 Å². The fourth-order valence-electron chi connectivity index (χ4n) is 6.52. The summed E-state index contributed by atoms with van der Waals surface area (Å²) in [5.41, 5.74) is 3.51. The van der Waals surface area contributed by atoms with E-state index in [-0.39, 0.29) is 0 Å². The van der Waals surface area contributed by atoms with Gasteiger partial charge in [0.05, 0.1) is 0 Å². The van der Waals surface area contributed by atoms with Crippen LogP contribution in [0.15, 0.2) is 23.3 Å². The van der Waals surface area contributed by atoms with Gasteiger partial charge in [0.2, 0.25) is 0 Å². The standard InChI is InChI=1S/C27H46/c1-5-7-22-8-11-24(12-9-22)25-13-15-26(16-14-25)27-17-10-23(19-21(27)4)18-20(3)6-2/h10,17,20-22,24-26H,5-9,11-16,18-19H2,1-4H3. The van der Waals surface area contributed by atoms with Crippen LogP contribution in [0.3, 0.4) is 0 Å². The van der Waals surface area contributed by atoms with E-state index in [4.69, 9.17) is 0 Å². The van der Waals surface area contributed by atoms with Gasteiger partial charge in [-0.2, -0.15) is 0 Å². The Bertz CT molecular complexity index is 494. The molecule has 3 aliphatic carbocycles. The Kier molecular flexibility index (Phi) is 8.10. The molecule has 0 amide bonds. The first-order valence-corrected chi connectivity index (χ1v) is 12.5. The average molecular weight is 371 g/mol. The third kappa shape index (κ3) is 5.74. The molecule has 0 heterocycles. The van der Waals surface area contributed by atoms with Gasteiger partial charge in [0.25, 0.3) is 0 Å². The lowest BCUT2D eigenvalue weighted by Gasteiger charge is -2.39. The zero-order chi connectivity index (χ0) is 19.2. The Morgan fingerprint density at radius 2 is 1.52 bits per heavy atom. The lowest BCUT2D eigenvalue weighted by atomic mass is 9.66. The van der Waals surface area contributed by atoms with E-state index < -0.39 is 0 Å². The van der Waals surface area contributed by atoms with Crippen molar-refractivity contribution in [3.63, 3.8) is 0 Å². The van der Waals surface area contributed by atoms with Gasteiger partial charge in [-0.15, -0.1) is 0 Å². The van der Waals surface area contributed by atoms with Crippen molar-refractivity contribution in [2.45, 2.75) is 111 Å². The monoisotopic (exact) mass is 370 g/mol. The van der Waals surface area contributed by atoms with Crippen LogP contribution in [0.4, 0.5) is 0 Å². The Morgan fingerprint density at radius 3 is 2.07 bits per heavy atom. The first-order valence-electron chi connectivity index (χ1n) is 12.5. The van der Waals surface area contributed by atoms with E-state index in [1.54, 1.807) is 24.0 Å². The molecular weight excluding hydrogens is 324 g/mol. The molecule has 0 N–H and O–H groups in total. The highest BCUT2D eigenvalue weighted by Crippen LogP contribution is 2.45. The molecule has 0 saturated heterocycles. The summed E-state index contributed by atoms with van der Waals surface area (Å²) in [5.74, 6) is 5.72. The largest absolute Gasteiger partial charge is 0.0694 e. The predicted molar refractivity (Wildman–Crippen MR) is 120 cm³/mol. The van der Waals surface area contributed by atoms with Crippen LogP contribution >= 0.6 is 0 Å². The number of allylic oxidation sites excluding steroid dienone is 4. The Hall–Kier alpha value is -0.520. The number of rotatable bonds is 7. The van der Waals surface area contributed by atoms with Crippen molar-refractivity contribution in [2.75, 3.05) is 0 Å². The second-order valence-electron chi connectivity index (χ2n) is 10.5. The highest BCUT2D eigenvalue weighted by Gasteiger charge is 2.33. The van der Waals surface area contributed by atoms with E-state index in [0.29, 0.717) is 0 Å². The van der Waals surface area contributed by atoms with Crippen molar-refractivity contribution in [1.82, 2.24) is 0 Å². The van der Waals surface area contributed by atoms with Gasteiger partial charge in [-0.25, -0.2) is 0 Å². The minimum absolute atomic E-state index is 0.792. The maximum atomic E-state index is 2.55. The van der Waals surface area contributed by atoms with Crippen LogP contribution in [-0.4, -0.2) is 0 Å². The van der Waals surface area contributed by atoms with E-state index in [1.807, 2.05) is 0 Å². The maximum Gasteiger partial charge on any atom is -0.0188 e. The van der Waals surface area contributed by atoms with E-state index in [0.717, 1.165) is 35.5 Å². The van der Waals surface area contributed by atoms with Gasteiger partial charge in [-0.1, -0.05) is 83.1 Å². The third-order valence-corrected chi connectivity index (χ3v) is 8.45. The van der Waals surface area contributed by atoms with Crippen LogP contribution in [0.25, 0.3) is 0 Å². The molecule has 0 spiro atoms. The van der Waals surface area contributed by atoms with Gasteiger partial charge in [0, 0.05) is 0 Å². The fourth-order valence-corrected chi connectivity index (χ4v) is 6.52. The summed E-state index contributed by atoms with van der Waals surface area (Å²) in [4.78, 5) is 0. The molecule has 0 radical (unpaired) electrons. The van der Waals surface area contributed by atoms with Crippen LogP contribution in [0.5, 0.6) is 0 Å². The highest BCUT2D eigenvalue weighted by atomic mass is 14.4. The lowest BCUT2D eigenvalue weighted by Crippen LogP contribution is -2.27. The van der Waals surface area contributed by atoms with Gasteiger partial charge in [0.15, 0.2) is 0 Å². The van der Waals surface area contributed by atoms with Crippen molar-refractivity contribution in [2.24, 2.45) is 35.5 Å². The molecule has 3 aliphatic rings. The molecule has 154 valence electrons. The molecule has 0 heteroatoms. The number of hydrogen-bond donors (Lipinski definition) is 0. The van der Waals surface area contributed by atoms with Crippen molar-refractivity contribution >= 4 is 0 Å². The molecule has 0 aromatic heterocycles. The molecule has 27 heavy (non-hydrogen) atoms. The predicted octanol–water partition coefficient (Wildman–Crippen LogP) is 8.73. The molecule has 3 rings (SSSR count). The zero-order valence-electron chi connectivity index (χ0n) is 18.8. The highest BCUT2D eigenvalue weighted by molar-refractivity contribution is 5.28. The molecular formula is C27H46. The first kappa shape index (κ1) is 21.2. The van der Waals surface area contributed by atoms with E-state index in [1.165, 1.54) is 70.6 Å². The van der Waals surface area contributed by atoms with Crippen molar-refractivity contribution in [3.05, 3.63) is 23.3 Å². The molecule has 0 nitrogen and oxygen atoms in total. The van der Waals surface area contributed by atoms with Gasteiger partial charge < -0.3 is 0 Å². The van der Waals surface area contributed by atoms with Crippen molar-refractivity contribution in [1.29, 1.82) is 0 Å². The van der Waals surface area contributed by atoms with Gasteiger partial charge in [0.1, 0.15) is 0 Å². The quantitative estimate of drug-likeness (QED) is 0.420. The minimum Gasteiger partial charge on any atom is -0.0694 e. The maximum absolute atomic E-state index is 2.55. The van der Waals surface area contributed by atoms with E-state index in [2.05, 4.69) is 39.8 Å². The summed E-state index contributed by atoms with van der Waals surface area (Å²) in [6, 6.07) is 0. The molecule has 2 unspecified atom stereocenters. The molecule has 0 aromatic carbocycles. The third-order valence-electron chi connectivity index (χ3n) is 8.45. The van der Waals surface area contributed by atoms with Crippen LogP contribution in [-0.2, 0) is 0 Å². The smallest absolute Gasteiger partial charge is 0.0188 e. The molecule has 0 bridgehead atoms. The van der Waals surface area contributed by atoms with Gasteiger partial charge in [-0.3, -0.25) is 0 Å². The van der Waals surface area contributed by atoms with Crippen LogP contribution in [0.2, 0.25) is 0 Å². The van der Waals surface area contributed by atoms with Crippen LogP contribution in [0, 0.1) is 35.5 Å². The lowest BCUT2D eigenvalue weighted by molar-refractivity contribution is 0.148. The summed E-state index contributed by atoms with van der Waals surface area (Å²) >= 11 is 0. The molecule has 0 aliphatic heterocycles. The SMILES string of the molecule is CCCC1CCC(C2CCC(C3=CC=C(CC(C)CC)CC3C)CC2)CC1. The second kappa shape index (κ2) is 10.3. The summed E-state index contributed by atoms with van der Waals surface area (Å²) < 4.78 is 0. The molecule has 2 fully saturated rings. The van der Waals surface area contributed by atoms with Crippen molar-refractivity contribution < 1.29 is 0 Å². The number of hydrogen-bond acceptors (Lipinski definition) is 0. The summed E-state index contributed by atoms with van der Waals surface area (Å²) in [6.45, 7) is 9.59. The zero-order valence-corrected chi connectivity index (χ0v) is 18.8. The molecule has 2 atom stereocenters. The first-order chi connectivity index (χ1) is 13.1. The normalized spacial score (nSPS) is 36.1. The fraction of sp³-hybridized carbons (Fsp3) is 0.852. The van der Waals surface area contributed by atoms with Gasteiger partial charge >= 0.3 is 0 Å². The molecule has 2 saturated carbocycles.